The molecule has 7 heteroatoms. The van der Waals surface area contributed by atoms with E-state index in [4.69, 9.17) is 20.5 Å². The zero-order chi connectivity index (χ0) is 13.5. The van der Waals surface area contributed by atoms with Crippen molar-refractivity contribution in [3.05, 3.63) is 23.2 Å². The zero-order valence-corrected chi connectivity index (χ0v) is 10.3. The Morgan fingerprint density at radius 3 is 2.56 bits per heavy atom. The number of hydrogen-bond acceptors (Lipinski definition) is 6. The number of nitrogens with one attached hydrogen (secondary N) is 1. The van der Waals surface area contributed by atoms with E-state index in [9.17, 15) is 4.79 Å². The van der Waals surface area contributed by atoms with Crippen molar-refractivity contribution in [1.82, 2.24) is 10.3 Å². The predicted molar refractivity (Wildman–Crippen MR) is 64.5 cm³/mol. The summed E-state index contributed by atoms with van der Waals surface area (Å²) in [5.74, 6) is 5.34. The summed E-state index contributed by atoms with van der Waals surface area (Å²) >= 11 is 0. The van der Waals surface area contributed by atoms with Crippen LogP contribution in [0.5, 0.6) is 0 Å². The number of nitrogen functional groups attached to an aromatic ring is 1. The molecule has 18 heavy (non-hydrogen) atoms. The van der Waals surface area contributed by atoms with Crippen LogP contribution in [0.3, 0.4) is 0 Å². The van der Waals surface area contributed by atoms with Gasteiger partial charge in [0.2, 0.25) is 0 Å². The zero-order valence-electron chi connectivity index (χ0n) is 10.3. The monoisotopic (exact) mass is 257 g/mol. The Balaban J connectivity index is 2.74. The second-order valence-electron chi connectivity index (χ2n) is 3.92. The topological polar surface area (TPSA) is 112 Å². The summed E-state index contributed by atoms with van der Waals surface area (Å²) in [5.41, 5.74) is 2.71. The number of hydrogen-bond donors (Lipinski definition) is 4. The number of carbonyl (C=O) groups is 1. The third-order valence-electron chi connectivity index (χ3n) is 2.52. The van der Waals surface area contributed by atoms with Gasteiger partial charge in [0.05, 0.1) is 19.8 Å². The first-order chi connectivity index (χ1) is 8.62. The summed E-state index contributed by atoms with van der Waals surface area (Å²) in [6.45, 7) is 3.02. The second-order valence-corrected chi connectivity index (χ2v) is 3.92. The Labute approximate surface area is 105 Å². The number of nitrogens with two attached hydrogens (primary N) is 1. The summed E-state index contributed by atoms with van der Waals surface area (Å²) in [4.78, 5) is 13.2. The van der Waals surface area contributed by atoms with E-state index >= 15 is 0 Å². The highest BCUT2D eigenvalue weighted by Gasteiger charge is 2.16. The highest BCUT2D eigenvalue weighted by atomic mass is 16.4. The van der Waals surface area contributed by atoms with Crippen molar-refractivity contribution in [1.29, 1.82) is 0 Å². The van der Waals surface area contributed by atoms with Gasteiger partial charge in [-0.1, -0.05) is 0 Å². The fraction of sp³-hybridized carbons (Fsp3) is 0.545. The van der Waals surface area contributed by atoms with Crippen molar-refractivity contribution in [3.63, 3.8) is 0 Å². The molecule has 0 spiro atoms. The van der Waals surface area contributed by atoms with Gasteiger partial charge >= 0.3 is 5.91 Å². The average molecular weight is 257 g/mol. The standard InChI is InChI=1S/C11H19N3O4/c1-8-6-9(18-10(8)11(17)13-12)7-14(2-4-15)3-5-16/h6,15-16H,2-5,7,12H2,1H3,(H,13,17). The van der Waals surface area contributed by atoms with Gasteiger partial charge in [-0.05, 0) is 13.0 Å². The Hall–Kier alpha value is -1.41. The van der Waals surface area contributed by atoms with Gasteiger partial charge < -0.3 is 14.6 Å². The van der Waals surface area contributed by atoms with Crippen molar-refractivity contribution < 1.29 is 19.4 Å². The van der Waals surface area contributed by atoms with E-state index in [0.717, 1.165) is 0 Å². The van der Waals surface area contributed by atoms with Crippen molar-refractivity contribution in [2.75, 3.05) is 26.3 Å². The van der Waals surface area contributed by atoms with Crippen LogP contribution in [-0.4, -0.2) is 47.3 Å². The van der Waals surface area contributed by atoms with Crippen LogP contribution in [0.1, 0.15) is 21.9 Å². The minimum atomic E-state index is -0.477. The molecule has 0 aromatic carbocycles. The van der Waals surface area contributed by atoms with E-state index in [0.29, 0.717) is 31.0 Å². The van der Waals surface area contributed by atoms with Crippen LogP contribution in [0.4, 0.5) is 0 Å². The van der Waals surface area contributed by atoms with Crippen LogP contribution in [0.15, 0.2) is 10.5 Å². The van der Waals surface area contributed by atoms with E-state index in [1.807, 2.05) is 10.3 Å². The number of aliphatic hydroxyl groups excluding tert-OH is 2. The Bertz CT molecular complexity index is 386. The maximum atomic E-state index is 11.4. The summed E-state index contributed by atoms with van der Waals surface area (Å²) in [6.07, 6.45) is 0. The van der Waals surface area contributed by atoms with Gasteiger partial charge in [0, 0.05) is 18.7 Å². The molecule has 1 aromatic heterocycles. The highest BCUT2D eigenvalue weighted by molar-refractivity contribution is 5.92. The molecule has 1 heterocycles. The number of aryl methyl sites for hydroxylation is 1. The maximum absolute atomic E-state index is 11.4. The van der Waals surface area contributed by atoms with Crippen LogP contribution < -0.4 is 11.3 Å². The third-order valence-corrected chi connectivity index (χ3v) is 2.52. The molecule has 0 saturated heterocycles. The fourth-order valence-electron chi connectivity index (χ4n) is 1.69. The average Bonchev–Trinajstić information content (AvgIpc) is 2.70. The van der Waals surface area contributed by atoms with Gasteiger partial charge in [0.15, 0.2) is 5.76 Å². The number of hydrazine groups is 1. The maximum Gasteiger partial charge on any atom is 0.301 e. The summed E-state index contributed by atoms with van der Waals surface area (Å²) in [7, 11) is 0. The lowest BCUT2D eigenvalue weighted by Crippen LogP contribution is -2.30. The van der Waals surface area contributed by atoms with Crippen LogP contribution in [0, 0.1) is 6.92 Å². The van der Waals surface area contributed by atoms with Gasteiger partial charge in [0.1, 0.15) is 5.76 Å². The first-order valence-corrected chi connectivity index (χ1v) is 5.66. The Morgan fingerprint density at radius 2 is 2.06 bits per heavy atom. The van der Waals surface area contributed by atoms with Crippen LogP contribution in [0.2, 0.25) is 0 Å². The molecule has 0 radical (unpaired) electrons. The minimum absolute atomic E-state index is 0.00413. The van der Waals surface area contributed by atoms with E-state index < -0.39 is 5.91 Å². The summed E-state index contributed by atoms with van der Waals surface area (Å²) in [6, 6.07) is 1.74. The molecule has 1 amide bonds. The largest absolute Gasteiger partial charge is 0.454 e. The fourth-order valence-corrected chi connectivity index (χ4v) is 1.69. The van der Waals surface area contributed by atoms with Gasteiger partial charge in [-0.25, -0.2) is 5.84 Å². The minimum Gasteiger partial charge on any atom is -0.454 e. The molecule has 7 nitrogen and oxygen atoms in total. The van der Waals surface area contributed by atoms with Gasteiger partial charge in [0.25, 0.3) is 0 Å². The van der Waals surface area contributed by atoms with E-state index in [2.05, 4.69) is 0 Å². The number of nitrogens with zero attached hydrogens (tertiary/aromatic N) is 1. The molecule has 0 bridgehead atoms. The lowest BCUT2D eigenvalue weighted by molar-refractivity contribution is 0.0918. The first-order valence-electron chi connectivity index (χ1n) is 5.66. The van der Waals surface area contributed by atoms with Crippen LogP contribution in [0.25, 0.3) is 0 Å². The lowest BCUT2D eigenvalue weighted by Gasteiger charge is -2.18. The number of amides is 1. The molecule has 0 atom stereocenters. The number of rotatable bonds is 7. The molecule has 5 N–H and O–H groups in total. The summed E-state index contributed by atoms with van der Waals surface area (Å²) in [5, 5.41) is 17.8. The third kappa shape index (κ3) is 3.81. The highest BCUT2D eigenvalue weighted by Crippen LogP contribution is 2.16. The quantitative estimate of drug-likeness (QED) is 0.282. The van der Waals surface area contributed by atoms with E-state index in [1.54, 1.807) is 13.0 Å². The molecule has 0 fully saturated rings. The molecular formula is C11H19N3O4. The Kier molecular flexibility index (Phi) is 5.79. The molecule has 0 aliphatic heterocycles. The number of furan rings is 1. The smallest absolute Gasteiger partial charge is 0.301 e. The predicted octanol–water partition coefficient (Wildman–Crippen LogP) is -1.02. The van der Waals surface area contributed by atoms with E-state index in [-0.39, 0.29) is 19.0 Å². The Morgan fingerprint density at radius 1 is 1.44 bits per heavy atom. The number of aliphatic hydroxyl groups is 2. The van der Waals surface area contributed by atoms with Gasteiger partial charge in [-0.15, -0.1) is 0 Å². The SMILES string of the molecule is Cc1cc(CN(CCO)CCO)oc1C(=O)NN. The molecule has 1 aromatic rings. The molecule has 0 saturated carbocycles. The lowest BCUT2D eigenvalue weighted by atomic mass is 10.2. The molecule has 102 valence electrons. The van der Waals surface area contributed by atoms with Crippen molar-refractivity contribution in [2.24, 2.45) is 5.84 Å². The van der Waals surface area contributed by atoms with Crippen LogP contribution >= 0.6 is 0 Å². The molecule has 0 aliphatic rings. The van der Waals surface area contributed by atoms with E-state index in [1.165, 1.54) is 0 Å². The molecular weight excluding hydrogens is 238 g/mol. The second kappa shape index (κ2) is 7.12. The summed E-state index contributed by atoms with van der Waals surface area (Å²) < 4.78 is 5.39. The normalized spacial score (nSPS) is 10.9. The van der Waals surface area contributed by atoms with Crippen molar-refractivity contribution in [3.8, 4) is 0 Å². The number of carbonyl (C=O) groups excluding carboxylic acids is 1. The van der Waals surface area contributed by atoms with Gasteiger partial charge in [-0.3, -0.25) is 15.1 Å². The first kappa shape index (κ1) is 14.7. The van der Waals surface area contributed by atoms with Crippen molar-refractivity contribution in [2.45, 2.75) is 13.5 Å². The molecule has 0 aliphatic carbocycles. The van der Waals surface area contributed by atoms with Crippen LogP contribution in [-0.2, 0) is 6.54 Å². The van der Waals surface area contributed by atoms with Gasteiger partial charge in [-0.2, -0.15) is 0 Å². The molecule has 0 unspecified atom stereocenters. The van der Waals surface area contributed by atoms with Crippen molar-refractivity contribution >= 4 is 5.91 Å². The molecule has 1 rings (SSSR count).